The van der Waals surface area contributed by atoms with E-state index in [-0.39, 0.29) is 36.9 Å². The average molecular weight is 665 g/mol. The van der Waals surface area contributed by atoms with Gasteiger partial charge in [0.25, 0.3) is 5.91 Å². The van der Waals surface area contributed by atoms with Gasteiger partial charge in [0.15, 0.2) is 6.61 Å². The summed E-state index contributed by atoms with van der Waals surface area (Å²) in [4.78, 5) is 46.5. The molecule has 1 saturated carbocycles. The number of hydrogen-bond donors (Lipinski definition) is 0. The summed E-state index contributed by atoms with van der Waals surface area (Å²) in [5.74, 6) is -0.307. The second kappa shape index (κ2) is 14.3. The van der Waals surface area contributed by atoms with Crippen LogP contribution in [-0.4, -0.2) is 74.4 Å². The number of hydrogen-bond acceptors (Lipinski definition) is 7. The second-order valence-electron chi connectivity index (χ2n) is 14.0. The third kappa shape index (κ3) is 7.73. The van der Waals surface area contributed by atoms with E-state index >= 15 is 0 Å². The Kier molecular flexibility index (Phi) is 9.93. The van der Waals surface area contributed by atoms with Crippen LogP contribution in [0.5, 0.6) is 5.75 Å². The number of benzene rings is 3. The minimum atomic E-state index is -0.669. The van der Waals surface area contributed by atoms with Crippen LogP contribution in [0.1, 0.15) is 63.5 Å². The van der Waals surface area contributed by atoms with Gasteiger partial charge in [0.1, 0.15) is 11.4 Å². The van der Waals surface area contributed by atoms with Crippen molar-refractivity contribution in [2.24, 2.45) is 5.92 Å². The lowest BCUT2D eigenvalue weighted by atomic mass is 9.78. The van der Waals surface area contributed by atoms with Gasteiger partial charge < -0.3 is 28.9 Å². The van der Waals surface area contributed by atoms with Gasteiger partial charge in [-0.25, -0.2) is 4.79 Å². The Bertz CT molecular complexity index is 1760. The van der Waals surface area contributed by atoms with E-state index in [1.54, 1.807) is 23.0 Å². The molecule has 6 rings (SSSR count). The fourth-order valence-electron chi connectivity index (χ4n) is 6.79. The summed E-state index contributed by atoms with van der Waals surface area (Å²) in [6, 6.07) is 23.5. The quantitative estimate of drug-likeness (QED) is 0.239. The molecule has 10 heteroatoms. The molecule has 3 aromatic carbocycles. The Balaban J connectivity index is 1.35. The molecular weight excluding hydrogens is 620 g/mol. The Morgan fingerprint density at radius 2 is 1.78 bits per heavy atom. The van der Waals surface area contributed by atoms with Crippen molar-refractivity contribution in [1.82, 2.24) is 4.90 Å². The first kappa shape index (κ1) is 34.0. The molecule has 1 saturated heterocycles. The molecule has 2 fully saturated rings. The van der Waals surface area contributed by atoms with Crippen molar-refractivity contribution in [3.63, 3.8) is 0 Å². The molecule has 3 aromatic rings. The minimum Gasteiger partial charge on any atom is -0.482 e. The van der Waals surface area contributed by atoms with E-state index < -0.39 is 17.6 Å². The van der Waals surface area contributed by atoms with E-state index in [2.05, 4.69) is 12.1 Å². The fraction of sp³-hybridized carbons (Fsp3) is 0.436. The molecule has 49 heavy (non-hydrogen) atoms. The normalized spacial score (nSPS) is 19.0. The summed E-state index contributed by atoms with van der Waals surface area (Å²) in [5, 5.41) is 9.47. The van der Waals surface area contributed by atoms with Crippen molar-refractivity contribution in [2.45, 2.75) is 64.0 Å². The predicted molar refractivity (Wildman–Crippen MR) is 187 cm³/mol. The molecule has 3 aliphatic rings. The average Bonchev–Trinajstić information content (AvgIpc) is 3.93. The Labute approximate surface area is 288 Å². The van der Waals surface area contributed by atoms with E-state index in [4.69, 9.17) is 14.2 Å². The largest absolute Gasteiger partial charge is 0.482 e. The zero-order valence-electron chi connectivity index (χ0n) is 28.7. The molecule has 2 aliphatic heterocycles. The van der Waals surface area contributed by atoms with Gasteiger partial charge in [-0.2, -0.15) is 5.26 Å². The Morgan fingerprint density at radius 3 is 2.49 bits per heavy atom. The van der Waals surface area contributed by atoms with Gasteiger partial charge in [-0.1, -0.05) is 36.4 Å². The monoisotopic (exact) mass is 664 g/mol. The SMILES string of the molecule is COCCCN1C(=O)COc2ccc(N(C(=O)[C@H]3CN(C(=O)OC(C)(C)C)CC[C@@H]3c3cccc(-c4cccc(C#N)c4)c3)C3CC3)cc21. The van der Waals surface area contributed by atoms with Crippen LogP contribution in [0.25, 0.3) is 11.1 Å². The number of nitriles is 1. The number of carbonyl (C=O) groups excluding carboxylic acids is 3. The van der Waals surface area contributed by atoms with Crippen LogP contribution in [-0.2, 0) is 19.1 Å². The predicted octanol–water partition coefficient (Wildman–Crippen LogP) is 6.52. The number of carbonyl (C=O) groups is 3. The first-order valence-electron chi connectivity index (χ1n) is 17.0. The fourth-order valence-corrected chi connectivity index (χ4v) is 6.79. The summed E-state index contributed by atoms with van der Waals surface area (Å²) in [7, 11) is 1.64. The lowest BCUT2D eigenvalue weighted by Gasteiger charge is -2.41. The number of rotatable bonds is 9. The zero-order chi connectivity index (χ0) is 34.7. The van der Waals surface area contributed by atoms with Crippen molar-refractivity contribution in [1.29, 1.82) is 5.26 Å². The number of likely N-dealkylation sites (tertiary alicyclic amines) is 1. The van der Waals surface area contributed by atoms with Crippen LogP contribution < -0.4 is 14.5 Å². The van der Waals surface area contributed by atoms with E-state index in [1.165, 1.54) is 0 Å². The molecule has 0 radical (unpaired) electrons. The van der Waals surface area contributed by atoms with Gasteiger partial charge in [-0.3, -0.25) is 9.59 Å². The first-order valence-corrected chi connectivity index (χ1v) is 17.0. The van der Waals surface area contributed by atoms with Gasteiger partial charge in [-0.15, -0.1) is 0 Å². The molecule has 3 amide bonds. The highest BCUT2D eigenvalue weighted by atomic mass is 16.6. The highest BCUT2D eigenvalue weighted by molar-refractivity contribution is 6.01. The molecule has 0 spiro atoms. The highest BCUT2D eigenvalue weighted by Gasteiger charge is 2.44. The summed E-state index contributed by atoms with van der Waals surface area (Å²) in [6.07, 6.45) is 2.55. The molecular formula is C39H44N4O6. The molecule has 0 aromatic heterocycles. The molecule has 0 unspecified atom stereocenters. The molecule has 256 valence electrons. The number of anilines is 2. The number of methoxy groups -OCH3 is 1. The van der Waals surface area contributed by atoms with Crippen molar-refractivity contribution < 1.29 is 28.6 Å². The van der Waals surface area contributed by atoms with Gasteiger partial charge in [0, 0.05) is 45.1 Å². The van der Waals surface area contributed by atoms with E-state index in [9.17, 15) is 19.6 Å². The van der Waals surface area contributed by atoms with Crippen LogP contribution in [0.3, 0.4) is 0 Å². The summed E-state index contributed by atoms with van der Waals surface area (Å²) in [5.41, 5.74) is 4.15. The number of piperidine rings is 1. The Morgan fingerprint density at radius 1 is 1.02 bits per heavy atom. The van der Waals surface area contributed by atoms with Crippen LogP contribution in [0.15, 0.2) is 66.7 Å². The number of amides is 3. The van der Waals surface area contributed by atoms with Crippen molar-refractivity contribution in [3.05, 3.63) is 77.9 Å². The van der Waals surface area contributed by atoms with E-state index in [0.29, 0.717) is 55.2 Å². The van der Waals surface area contributed by atoms with Crippen LogP contribution in [0, 0.1) is 17.2 Å². The minimum absolute atomic E-state index is 0.0188. The van der Waals surface area contributed by atoms with Gasteiger partial charge in [0.2, 0.25) is 5.91 Å². The maximum absolute atomic E-state index is 15.0. The maximum atomic E-state index is 15.0. The first-order chi connectivity index (χ1) is 23.6. The molecule has 0 bridgehead atoms. The standard InChI is InChI=1S/C39H44N4O6/c1-39(2,3)49-38(46)41-18-16-32(29-11-6-10-28(21-29)27-9-5-8-26(20-27)23-40)33(24-41)37(45)43(30-12-13-30)31-14-15-35-34(22-31)42(17-7-19-47-4)36(44)25-48-35/h5-6,8-11,14-15,20-22,30,32-33H,7,12-13,16-19,24-25H2,1-4H3/t32-,33+/m1/s1. The molecule has 10 nitrogen and oxygen atoms in total. The molecule has 1 aliphatic carbocycles. The van der Waals surface area contributed by atoms with Gasteiger partial charge in [-0.05, 0) is 99.4 Å². The van der Waals surface area contributed by atoms with E-state index in [1.807, 2.05) is 80.3 Å². The van der Waals surface area contributed by atoms with Crippen LogP contribution in [0.4, 0.5) is 16.2 Å². The molecule has 0 N–H and O–H groups in total. The third-order valence-corrected chi connectivity index (χ3v) is 9.26. The van der Waals surface area contributed by atoms with Crippen molar-refractivity contribution >= 4 is 29.3 Å². The Hall–Kier alpha value is -4.88. The van der Waals surface area contributed by atoms with Gasteiger partial charge >= 0.3 is 6.09 Å². The number of nitrogens with zero attached hydrogens (tertiary/aromatic N) is 4. The topological polar surface area (TPSA) is 112 Å². The zero-order valence-corrected chi connectivity index (χ0v) is 28.7. The van der Waals surface area contributed by atoms with Gasteiger partial charge in [0.05, 0.1) is 23.2 Å². The van der Waals surface area contributed by atoms with Crippen LogP contribution in [0.2, 0.25) is 0 Å². The summed E-state index contributed by atoms with van der Waals surface area (Å²) in [6.45, 7) is 7.15. The summed E-state index contributed by atoms with van der Waals surface area (Å²) < 4.78 is 16.8. The van der Waals surface area contributed by atoms with E-state index in [0.717, 1.165) is 29.5 Å². The molecule has 2 atom stereocenters. The van der Waals surface area contributed by atoms with Crippen molar-refractivity contribution in [3.8, 4) is 22.9 Å². The maximum Gasteiger partial charge on any atom is 0.410 e. The number of ether oxygens (including phenoxy) is 3. The lowest BCUT2D eigenvalue weighted by Crippen LogP contribution is -2.51. The highest BCUT2D eigenvalue weighted by Crippen LogP contribution is 2.43. The smallest absolute Gasteiger partial charge is 0.410 e. The lowest BCUT2D eigenvalue weighted by molar-refractivity contribution is -0.124. The van der Waals surface area contributed by atoms with Crippen LogP contribution >= 0.6 is 0 Å². The second-order valence-corrected chi connectivity index (χ2v) is 14.0. The summed E-state index contributed by atoms with van der Waals surface area (Å²) >= 11 is 0. The number of fused-ring (bicyclic) bond motifs is 1. The van der Waals surface area contributed by atoms with Crippen molar-refractivity contribution in [2.75, 3.05) is 49.8 Å². The third-order valence-electron chi connectivity index (χ3n) is 9.26. The molecule has 2 heterocycles.